The molecule has 4 rings (SSSR count). The first-order valence-electron chi connectivity index (χ1n) is 8.91. The zero-order chi connectivity index (χ0) is 20.5. The standard InChI is InChI=1S/C23H16ClFN2O2/c1-26(17-7-3-2-4-8-17)21-20(15-11-13-16(25)14-12-15)22(28)27(23(21)29)19-10-6-5-9-18(19)24/h2-14H,1H3. The van der Waals surface area contributed by atoms with Crippen molar-refractivity contribution in [2.75, 3.05) is 16.8 Å². The second-order valence-corrected chi connectivity index (χ2v) is 6.93. The van der Waals surface area contributed by atoms with E-state index in [1.165, 1.54) is 24.3 Å². The van der Waals surface area contributed by atoms with E-state index in [0.717, 1.165) is 10.6 Å². The van der Waals surface area contributed by atoms with Crippen molar-refractivity contribution in [1.82, 2.24) is 0 Å². The predicted octanol–water partition coefficient (Wildman–Crippen LogP) is 4.90. The molecule has 0 radical (unpaired) electrons. The first-order valence-corrected chi connectivity index (χ1v) is 9.29. The van der Waals surface area contributed by atoms with E-state index < -0.39 is 17.6 Å². The van der Waals surface area contributed by atoms with Crippen molar-refractivity contribution in [2.24, 2.45) is 0 Å². The zero-order valence-electron chi connectivity index (χ0n) is 15.5. The average Bonchev–Trinajstić information content (AvgIpc) is 2.99. The molecule has 1 heterocycles. The number of para-hydroxylation sites is 2. The Balaban J connectivity index is 1.90. The van der Waals surface area contributed by atoms with Crippen LogP contribution < -0.4 is 9.80 Å². The number of carbonyl (C=O) groups is 2. The van der Waals surface area contributed by atoms with Gasteiger partial charge in [-0.3, -0.25) is 9.59 Å². The quantitative estimate of drug-likeness (QED) is 0.578. The van der Waals surface area contributed by atoms with E-state index in [1.54, 1.807) is 36.2 Å². The van der Waals surface area contributed by atoms with Gasteiger partial charge in [0.15, 0.2) is 0 Å². The number of hydrogen-bond donors (Lipinski definition) is 0. The van der Waals surface area contributed by atoms with Crippen LogP contribution in [-0.4, -0.2) is 18.9 Å². The fourth-order valence-electron chi connectivity index (χ4n) is 3.34. The largest absolute Gasteiger partial charge is 0.339 e. The van der Waals surface area contributed by atoms with Crippen molar-refractivity contribution < 1.29 is 14.0 Å². The van der Waals surface area contributed by atoms with Gasteiger partial charge in [-0.1, -0.05) is 54.1 Å². The number of imide groups is 1. The Bertz CT molecular complexity index is 1130. The summed E-state index contributed by atoms with van der Waals surface area (Å²) in [7, 11) is 1.72. The normalized spacial score (nSPS) is 14.0. The Kier molecular flexibility index (Phi) is 4.91. The molecule has 0 bridgehead atoms. The third-order valence-corrected chi connectivity index (χ3v) is 5.08. The van der Waals surface area contributed by atoms with E-state index in [2.05, 4.69) is 0 Å². The summed E-state index contributed by atoms with van der Waals surface area (Å²) >= 11 is 6.27. The summed E-state index contributed by atoms with van der Waals surface area (Å²) in [5.41, 5.74) is 1.90. The summed E-state index contributed by atoms with van der Waals surface area (Å²) < 4.78 is 13.5. The van der Waals surface area contributed by atoms with Crippen LogP contribution >= 0.6 is 11.6 Å². The van der Waals surface area contributed by atoms with Crippen molar-refractivity contribution in [3.05, 3.63) is 101 Å². The number of amides is 2. The lowest BCUT2D eigenvalue weighted by molar-refractivity contribution is -0.120. The van der Waals surface area contributed by atoms with Gasteiger partial charge >= 0.3 is 0 Å². The monoisotopic (exact) mass is 406 g/mol. The molecule has 3 aromatic rings. The van der Waals surface area contributed by atoms with Gasteiger partial charge in [0.25, 0.3) is 11.8 Å². The number of likely N-dealkylation sites (N-methyl/N-ethyl adjacent to an activating group) is 1. The lowest BCUT2D eigenvalue weighted by atomic mass is 10.0. The summed E-state index contributed by atoms with van der Waals surface area (Å²) in [6.45, 7) is 0. The Labute approximate surface area is 172 Å². The lowest BCUT2D eigenvalue weighted by Gasteiger charge is -2.22. The van der Waals surface area contributed by atoms with E-state index in [0.29, 0.717) is 11.3 Å². The number of carbonyl (C=O) groups excluding carboxylic acids is 2. The van der Waals surface area contributed by atoms with Gasteiger partial charge in [0.1, 0.15) is 11.5 Å². The van der Waals surface area contributed by atoms with Gasteiger partial charge < -0.3 is 4.90 Å². The Hall–Kier alpha value is -3.44. The topological polar surface area (TPSA) is 40.6 Å². The molecular formula is C23H16ClFN2O2. The van der Waals surface area contributed by atoms with Gasteiger partial charge in [0.05, 0.1) is 16.3 Å². The second kappa shape index (κ2) is 7.53. The molecule has 1 aliphatic rings. The van der Waals surface area contributed by atoms with Gasteiger partial charge in [0, 0.05) is 12.7 Å². The summed E-state index contributed by atoms with van der Waals surface area (Å²) in [6.07, 6.45) is 0. The average molecular weight is 407 g/mol. The van der Waals surface area contributed by atoms with E-state index in [1.807, 2.05) is 30.3 Å². The smallest absolute Gasteiger partial charge is 0.282 e. The van der Waals surface area contributed by atoms with Crippen molar-refractivity contribution in [3.8, 4) is 0 Å². The molecule has 1 aliphatic heterocycles. The molecule has 0 saturated heterocycles. The lowest BCUT2D eigenvalue weighted by Crippen LogP contribution is -2.34. The molecule has 144 valence electrons. The number of nitrogens with zero attached hydrogens (tertiary/aromatic N) is 2. The fourth-order valence-corrected chi connectivity index (χ4v) is 3.56. The molecule has 3 aromatic carbocycles. The molecular weight excluding hydrogens is 391 g/mol. The van der Waals surface area contributed by atoms with E-state index >= 15 is 0 Å². The maximum atomic E-state index is 13.5. The predicted molar refractivity (Wildman–Crippen MR) is 112 cm³/mol. The minimum Gasteiger partial charge on any atom is -0.339 e. The van der Waals surface area contributed by atoms with Crippen LogP contribution in [0.1, 0.15) is 5.56 Å². The maximum absolute atomic E-state index is 13.5. The highest BCUT2D eigenvalue weighted by Crippen LogP contribution is 2.38. The molecule has 0 spiro atoms. The number of rotatable bonds is 4. The molecule has 0 aromatic heterocycles. The third kappa shape index (κ3) is 3.30. The van der Waals surface area contributed by atoms with E-state index in [-0.39, 0.29) is 16.3 Å². The highest BCUT2D eigenvalue weighted by atomic mass is 35.5. The zero-order valence-corrected chi connectivity index (χ0v) is 16.2. The summed E-state index contributed by atoms with van der Waals surface area (Å²) in [6, 6.07) is 21.4. The molecule has 0 N–H and O–H groups in total. The van der Waals surface area contributed by atoms with Crippen LogP contribution in [0, 0.1) is 5.82 Å². The van der Waals surface area contributed by atoms with Gasteiger partial charge in [-0.25, -0.2) is 9.29 Å². The van der Waals surface area contributed by atoms with Crippen LogP contribution in [0.5, 0.6) is 0 Å². The second-order valence-electron chi connectivity index (χ2n) is 6.52. The van der Waals surface area contributed by atoms with Crippen LogP contribution in [-0.2, 0) is 9.59 Å². The van der Waals surface area contributed by atoms with Crippen LogP contribution in [0.15, 0.2) is 84.6 Å². The van der Waals surface area contributed by atoms with E-state index in [9.17, 15) is 14.0 Å². The van der Waals surface area contributed by atoms with Crippen molar-refractivity contribution in [1.29, 1.82) is 0 Å². The molecule has 29 heavy (non-hydrogen) atoms. The molecule has 0 fully saturated rings. The van der Waals surface area contributed by atoms with Crippen LogP contribution in [0.4, 0.5) is 15.8 Å². The molecule has 4 nitrogen and oxygen atoms in total. The maximum Gasteiger partial charge on any atom is 0.282 e. The molecule has 0 saturated carbocycles. The van der Waals surface area contributed by atoms with Gasteiger partial charge in [-0.05, 0) is 42.0 Å². The Morgan fingerprint density at radius 3 is 2.10 bits per heavy atom. The van der Waals surface area contributed by atoms with E-state index in [4.69, 9.17) is 11.6 Å². The third-order valence-electron chi connectivity index (χ3n) is 4.76. The summed E-state index contributed by atoms with van der Waals surface area (Å²) in [4.78, 5) is 29.5. The van der Waals surface area contributed by atoms with Gasteiger partial charge in [-0.2, -0.15) is 0 Å². The van der Waals surface area contributed by atoms with Crippen molar-refractivity contribution in [3.63, 3.8) is 0 Å². The SMILES string of the molecule is CN(C1=C(c2ccc(F)cc2)C(=O)N(c2ccccc2Cl)C1=O)c1ccccc1. The first-order chi connectivity index (χ1) is 14.0. The Morgan fingerprint density at radius 1 is 0.828 bits per heavy atom. The molecule has 6 heteroatoms. The molecule has 0 atom stereocenters. The highest BCUT2D eigenvalue weighted by molar-refractivity contribution is 6.48. The van der Waals surface area contributed by atoms with Crippen LogP contribution in [0.2, 0.25) is 5.02 Å². The number of benzene rings is 3. The molecule has 0 unspecified atom stereocenters. The number of hydrogen-bond acceptors (Lipinski definition) is 3. The van der Waals surface area contributed by atoms with Gasteiger partial charge in [0.2, 0.25) is 0 Å². The number of anilines is 2. The fraction of sp³-hybridized carbons (Fsp3) is 0.0435. The summed E-state index contributed by atoms with van der Waals surface area (Å²) in [5, 5.41) is 0.288. The highest BCUT2D eigenvalue weighted by Gasteiger charge is 2.42. The molecule has 0 aliphatic carbocycles. The van der Waals surface area contributed by atoms with Crippen molar-refractivity contribution in [2.45, 2.75) is 0 Å². The van der Waals surface area contributed by atoms with Crippen LogP contribution in [0.25, 0.3) is 5.57 Å². The molecule has 2 amide bonds. The number of halogens is 2. The minimum atomic E-state index is -0.507. The Morgan fingerprint density at radius 2 is 1.45 bits per heavy atom. The van der Waals surface area contributed by atoms with Crippen LogP contribution in [0.3, 0.4) is 0 Å². The van der Waals surface area contributed by atoms with Crippen molar-refractivity contribution >= 4 is 40.4 Å². The minimum absolute atomic E-state index is 0.196. The summed E-state index contributed by atoms with van der Waals surface area (Å²) in [5.74, 6) is -1.42. The van der Waals surface area contributed by atoms with Gasteiger partial charge in [-0.15, -0.1) is 0 Å². The first kappa shape index (κ1) is 18.9.